The molecule has 0 spiro atoms. The maximum atomic E-state index is 9.52. The third kappa shape index (κ3) is 10.6. The first-order valence-electron chi connectivity index (χ1n) is 1.36. The number of rotatable bonds is 2. The molecule has 0 aromatic rings. The molecule has 8 heavy (non-hydrogen) atoms. The summed E-state index contributed by atoms with van der Waals surface area (Å²) < 4.78 is -2.24. The van der Waals surface area contributed by atoms with Crippen molar-refractivity contribution >= 4 is 2.97 Å². The van der Waals surface area contributed by atoms with Crippen molar-refractivity contribution < 1.29 is 99.1 Å². The quantitative estimate of drug-likeness (QED) is 0.739. The fourth-order valence-corrected chi connectivity index (χ4v) is 0.666. The van der Waals surface area contributed by atoms with Crippen LogP contribution in [0.3, 0.4) is 0 Å². The number of carbonyl (C=O) groups is 2. The minimum absolute atomic E-state index is 0. The van der Waals surface area contributed by atoms with E-state index in [0.717, 1.165) is 0 Å². The normalized spacial score (nSPS) is 6.50. The van der Waals surface area contributed by atoms with Gasteiger partial charge in [-0.15, -0.1) is 0 Å². The van der Waals surface area contributed by atoms with Gasteiger partial charge in [0.2, 0.25) is 0 Å². The summed E-state index contributed by atoms with van der Waals surface area (Å²) in [5.41, 5.74) is 0. The van der Waals surface area contributed by atoms with Crippen LogP contribution >= 0.6 is 0 Å². The monoisotopic (exact) mass is 370 g/mol. The zero-order chi connectivity index (χ0) is 5.86. The van der Waals surface area contributed by atoms with Crippen molar-refractivity contribution in [3.63, 3.8) is 0 Å². The second-order valence-electron chi connectivity index (χ2n) is 0.735. The van der Waals surface area contributed by atoms with Gasteiger partial charge in [0.1, 0.15) is 0 Å². The Kier molecular flexibility index (Phi) is 10.5. The van der Waals surface area contributed by atoms with Gasteiger partial charge in [-0.3, -0.25) is 0 Å². The molecule has 0 bridgehead atoms. The molecule has 2 N–H and O–H groups in total. The fraction of sp³-hybridized carbons (Fsp3) is 0. The Bertz CT molecular complexity index is 88.2. The van der Waals surface area contributed by atoms with E-state index in [1.165, 1.54) is 0 Å². The molecule has 0 atom stereocenters. The molecule has 0 aromatic heterocycles. The minimum atomic E-state index is -2.32. The van der Waals surface area contributed by atoms with Crippen LogP contribution in [-0.4, -0.2) is 13.2 Å². The summed E-state index contributed by atoms with van der Waals surface area (Å²) in [5, 5.41) is 15.6. The summed E-state index contributed by atoms with van der Waals surface area (Å²) in [6, 6.07) is 0. The van der Waals surface area contributed by atoms with Gasteiger partial charge in [0.05, 0.1) is 0 Å². The average Bonchev–Trinajstić information content (AvgIpc) is 1.27. The molecule has 0 saturated carbocycles. The minimum Gasteiger partial charge on any atom is 0 e. The molecular weight excluding hydrogens is 368 g/mol. The zero-order valence-corrected chi connectivity index (χ0v) is 9.99. The molecule has 0 rings (SSSR count). The fourth-order valence-electron chi connectivity index (χ4n) is 0.0915. The van der Waals surface area contributed by atoms with E-state index in [4.69, 9.17) is 10.2 Å². The van der Waals surface area contributed by atoms with Crippen LogP contribution in [0.1, 0.15) is 0 Å². The molecule has 6 heteroatoms. The molecule has 0 fully saturated rings. The number of carboxylic acid groups (broad SMARTS) is 2. The van der Waals surface area contributed by atoms with Crippen LogP contribution in [0.25, 0.3) is 0 Å². The molecular formula is C2H2Ce2O4. The van der Waals surface area contributed by atoms with Gasteiger partial charge in [-0.1, -0.05) is 0 Å². The first-order valence-corrected chi connectivity index (χ1v) is 4.50. The third-order valence-electron chi connectivity index (χ3n) is 0.214. The van der Waals surface area contributed by atoms with Gasteiger partial charge in [0.25, 0.3) is 0 Å². The van der Waals surface area contributed by atoms with Crippen LogP contribution in [0, 0.1) is 79.3 Å². The molecule has 0 aromatic carbocycles. The van der Waals surface area contributed by atoms with Crippen molar-refractivity contribution in [2.24, 2.45) is 0 Å². The third-order valence-corrected chi connectivity index (χ3v) is 1.56. The van der Waals surface area contributed by atoms with Gasteiger partial charge in [-0.05, 0) is 0 Å². The largest absolute Gasteiger partial charge is 0 e. The Hall–Kier alpha value is 1.69. The van der Waals surface area contributed by atoms with Crippen LogP contribution in [0.2, 0.25) is 0 Å². The van der Waals surface area contributed by atoms with E-state index >= 15 is 0 Å². The van der Waals surface area contributed by atoms with Crippen LogP contribution in [0.5, 0.6) is 0 Å². The Balaban J connectivity index is 0. The topological polar surface area (TPSA) is 74.6 Å². The van der Waals surface area contributed by atoms with Gasteiger partial charge < -0.3 is 0 Å². The van der Waals surface area contributed by atoms with Gasteiger partial charge in [-0.2, -0.15) is 0 Å². The predicted octanol–water partition coefficient (Wildman–Crippen LogP) is 0.427. The van der Waals surface area contributed by atoms with E-state index in [1.807, 2.05) is 0 Å². The molecule has 0 aliphatic rings. The maximum Gasteiger partial charge on any atom is 0 e. The van der Waals surface area contributed by atoms with E-state index < -0.39 is 40.5 Å². The summed E-state index contributed by atoms with van der Waals surface area (Å²) in [6.07, 6.45) is 0. The average molecular weight is 370 g/mol. The first-order chi connectivity index (χ1) is 3.13. The van der Waals surface area contributed by atoms with Crippen LogP contribution in [0.4, 0.5) is 9.59 Å². The number of hydrogen-bond donors (Lipinski definition) is 2. The molecule has 4 nitrogen and oxygen atoms in total. The van der Waals surface area contributed by atoms with Crippen molar-refractivity contribution in [1.29, 1.82) is 0 Å². The molecule has 0 radical (unpaired) electrons. The summed E-state index contributed by atoms with van der Waals surface area (Å²) in [4.78, 5) is 19.0. The summed E-state index contributed by atoms with van der Waals surface area (Å²) in [6.45, 7) is 0. The Morgan fingerprint density at radius 2 is 1.38 bits per heavy atom. The SMILES string of the molecule is O=[C](O)[Ce][C](=O)O.[Ce]. The summed E-state index contributed by atoms with van der Waals surface area (Å²) >= 11 is -2.32. The number of hydrogen-bond acceptors (Lipinski definition) is 2. The molecule has 0 heterocycles. The van der Waals surface area contributed by atoms with E-state index in [0.29, 0.717) is 0 Å². The molecule has 0 aliphatic heterocycles. The maximum absolute atomic E-state index is 9.52. The predicted molar refractivity (Wildman–Crippen MR) is 16.0 cm³/mol. The molecule has 0 amide bonds. The van der Waals surface area contributed by atoms with Crippen molar-refractivity contribution in [2.75, 3.05) is 0 Å². The Morgan fingerprint density at radius 1 is 1.12 bits per heavy atom. The van der Waals surface area contributed by atoms with Gasteiger partial charge in [-0.25, -0.2) is 0 Å². The van der Waals surface area contributed by atoms with E-state index in [9.17, 15) is 9.59 Å². The van der Waals surface area contributed by atoms with Gasteiger partial charge >= 0.3 is 60.3 Å². The smallest absolute Gasteiger partial charge is 0 e. The Morgan fingerprint density at radius 3 is 1.38 bits per heavy atom. The summed E-state index contributed by atoms with van der Waals surface area (Å²) in [5.74, 6) is 0. The molecule has 0 unspecified atom stereocenters. The van der Waals surface area contributed by atoms with Gasteiger partial charge in [0.15, 0.2) is 0 Å². The van der Waals surface area contributed by atoms with E-state index in [1.54, 1.807) is 0 Å². The van der Waals surface area contributed by atoms with E-state index in [-0.39, 0.29) is 41.7 Å². The molecule has 0 aliphatic carbocycles. The van der Waals surface area contributed by atoms with Gasteiger partial charge in [0, 0.05) is 41.7 Å². The summed E-state index contributed by atoms with van der Waals surface area (Å²) in [7, 11) is 0. The van der Waals surface area contributed by atoms with Crippen LogP contribution < -0.4 is 0 Å². The first kappa shape index (κ1) is 12.4. The second-order valence-corrected chi connectivity index (χ2v) is 4.21. The van der Waals surface area contributed by atoms with Crippen molar-refractivity contribution in [2.45, 2.75) is 0 Å². The van der Waals surface area contributed by atoms with Crippen LogP contribution in [-0.2, 0) is 0 Å². The van der Waals surface area contributed by atoms with Crippen LogP contribution in [0.15, 0.2) is 0 Å². The molecule has 0 saturated heterocycles. The van der Waals surface area contributed by atoms with E-state index in [2.05, 4.69) is 0 Å². The Labute approximate surface area is 99.6 Å². The zero-order valence-electron chi connectivity index (χ0n) is 3.71. The van der Waals surface area contributed by atoms with Crippen molar-refractivity contribution in [3.8, 4) is 0 Å². The second kappa shape index (κ2) is 6.81. The van der Waals surface area contributed by atoms with Crippen molar-refractivity contribution in [1.82, 2.24) is 0 Å². The molecule has 42 valence electrons. The van der Waals surface area contributed by atoms with Crippen molar-refractivity contribution in [3.05, 3.63) is 0 Å². The standard InChI is InChI=1S/2CHO2.2Ce/c2*2-1-3;;/h2*(H,2,3);;.